The SMILES string of the molecule is NC(c1ccccc1)C1CC1C(=O)O. The summed E-state index contributed by atoms with van der Waals surface area (Å²) in [6.07, 6.45) is 0.714. The van der Waals surface area contributed by atoms with Gasteiger partial charge in [-0.3, -0.25) is 4.79 Å². The molecule has 0 bridgehead atoms. The minimum Gasteiger partial charge on any atom is -0.481 e. The van der Waals surface area contributed by atoms with E-state index in [9.17, 15) is 4.79 Å². The van der Waals surface area contributed by atoms with Crippen LogP contribution in [0.5, 0.6) is 0 Å². The molecule has 0 aliphatic heterocycles. The summed E-state index contributed by atoms with van der Waals surface area (Å²) in [5.74, 6) is -0.832. The number of rotatable bonds is 3. The smallest absolute Gasteiger partial charge is 0.306 e. The Hall–Kier alpha value is -1.35. The van der Waals surface area contributed by atoms with Crippen LogP contribution >= 0.6 is 0 Å². The van der Waals surface area contributed by atoms with E-state index < -0.39 is 5.97 Å². The lowest BCUT2D eigenvalue weighted by molar-refractivity contribution is -0.138. The molecule has 3 N–H and O–H groups in total. The van der Waals surface area contributed by atoms with Gasteiger partial charge in [-0.2, -0.15) is 0 Å². The molecule has 1 saturated carbocycles. The van der Waals surface area contributed by atoms with Crippen molar-refractivity contribution >= 4 is 5.97 Å². The minimum atomic E-state index is -0.721. The van der Waals surface area contributed by atoms with E-state index in [0.717, 1.165) is 5.56 Å². The van der Waals surface area contributed by atoms with Crippen molar-refractivity contribution in [3.05, 3.63) is 35.9 Å². The van der Waals surface area contributed by atoms with E-state index in [0.29, 0.717) is 6.42 Å². The van der Waals surface area contributed by atoms with Crippen molar-refractivity contribution in [3.63, 3.8) is 0 Å². The van der Waals surface area contributed by atoms with E-state index in [1.165, 1.54) is 0 Å². The number of carboxylic acid groups (broad SMARTS) is 1. The first-order chi connectivity index (χ1) is 6.70. The van der Waals surface area contributed by atoms with Gasteiger partial charge in [-0.1, -0.05) is 30.3 Å². The van der Waals surface area contributed by atoms with Crippen molar-refractivity contribution in [2.75, 3.05) is 0 Å². The lowest BCUT2D eigenvalue weighted by atomic mass is 10.0. The molecule has 0 radical (unpaired) electrons. The van der Waals surface area contributed by atoms with Gasteiger partial charge in [0.1, 0.15) is 0 Å². The van der Waals surface area contributed by atoms with Crippen LogP contribution in [0, 0.1) is 11.8 Å². The predicted molar refractivity (Wildman–Crippen MR) is 52.6 cm³/mol. The van der Waals surface area contributed by atoms with Crippen molar-refractivity contribution in [2.24, 2.45) is 17.6 Å². The number of benzene rings is 1. The lowest BCUT2D eigenvalue weighted by Gasteiger charge is -2.10. The lowest BCUT2D eigenvalue weighted by Crippen LogP contribution is -2.15. The maximum atomic E-state index is 10.7. The van der Waals surface area contributed by atoms with Crippen LogP contribution in [0.15, 0.2) is 30.3 Å². The zero-order valence-electron chi connectivity index (χ0n) is 7.76. The molecular weight excluding hydrogens is 178 g/mol. The van der Waals surface area contributed by atoms with Crippen LogP contribution in [0.1, 0.15) is 18.0 Å². The van der Waals surface area contributed by atoms with Crippen LogP contribution < -0.4 is 5.73 Å². The Morgan fingerprint density at radius 1 is 1.43 bits per heavy atom. The second kappa shape index (κ2) is 3.42. The molecule has 74 valence electrons. The van der Waals surface area contributed by atoms with Gasteiger partial charge in [0, 0.05) is 6.04 Å². The zero-order valence-corrected chi connectivity index (χ0v) is 7.76. The first kappa shape index (κ1) is 9.21. The number of aliphatic carboxylic acids is 1. The zero-order chi connectivity index (χ0) is 10.1. The van der Waals surface area contributed by atoms with E-state index in [2.05, 4.69) is 0 Å². The summed E-state index contributed by atoms with van der Waals surface area (Å²) in [6, 6.07) is 9.54. The van der Waals surface area contributed by atoms with Gasteiger partial charge in [-0.25, -0.2) is 0 Å². The molecule has 14 heavy (non-hydrogen) atoms. The molecule has 2 rings (SSSR count). The summed E-state index contributed by atoms with van der Waals surface area (Å²) < 4.78 is 0. The van der Waals surface area contributed by atoms with Crippen LogP contribution in [0.25, 0.3) is 0 Å². The highest BCUT2D eigenvalue weighted by atomic mass is 16.4. The quantitative estimate of drug-likeness (QED) is 0.759. The van der Waals surface area contributed by atoms with Crippen molar-refractivity contribution in [1.29, 1.82) is 0 Å². The molecule has 1 aromatic carbocycles. The van der Waals surface area contributed by atoms with Gasteiger partial charge in [0.05, 0.1) is 5.92 Å². The van der Waals surface area contributed by atoms with Crippen LogP contribution in [0.3, 0.4) is 0 Å². The number of hydrogen-bond donors (Lipinski definition) is 2. The molecule has 0 heterocycles. The maximum absolute atomic E-state index is 10.7. The molecule has 0 saturated heterocycles. The standard InChI is InChI=1S/C11H13NO2/c12-10(7-4-2-1-3-5-7)8-6-9(8)11(13)14/h1-5,8-10H,6,12H2,(H,13,14). The molecule has 3 atom stereocenters. The molecule has 3 unspecified atom stereocenters. The highest BCUT2D eigenvalue weighted by molar-refractivity contribution is 5.73. The molecule has 1 aromatic rings. The van der Waals surface area contributed by atoms with Gasteiger partial charge in [-0.15, -0.1) is 0 Å². The Labute approximate surface area is 82.5 Å². The van der Waals surface area contributed by atoms with Crippen LogP contribution in [0.2, 0.25) is 0 Å². The summed E-state index contributed by atoms with van der Waals surface area (Å²) in [6.45, 7) is 0. The molecule has 1 aliphatic rings. The average molecular weight is 191 g/mol. The number of carboxylic acids is 1. The molecule has 0 spiro atoms. The van der Waals surface area contributed by atoms with Crippen molar-refractivity contribution < 1.29 is 9.90 Å². The number of carbonyl (C=O) groups is 1. The van der Waals surface area contributed by atoms with E-state index >= 15 is 0 Å². The highest BCUT2D eigenvalue weighted by Crippen LogP contribution is 2.46. The fourth-order valence-corrected chi connectivity index (χ4v) is 1.82. The van der Waals surface area contributed by atoms with Crippen LogP contribution in [-0.2, 0) is 4.79 Å². The fourth-order valence-electron chi connectivity index (χ4n) is 1.82. The second-order valence-corrected chi connectivity index (χ2v) is 3.78. The van der Waals surface area contributed by atoms with E-state index in [-0.39, 0.29) is 17.9 Å². The topological polar surface area (TPSA) is 63.3 Å². The summed E-state index contributed by atoms with van der Waals surface area (Å²) in [7, 11) is 0. The monoisotopic (exact) mass is 191 g/mol. The van der Waals surface area contributed by atoms with Crippen molar-refractivity contribution in [2.45, 2.75) is 12.5 Å². The third-order valence-corrected chi connectivity index (χ3v) is 2.80. The third kappa shape index (κ3) is 1.63. The molecule has 1 aliphatic carbocycles. The van der Waals surface area contributed by atoms with Crippen LogP contribution in [-0.4, -0.2) is 11.1 Å². The third-order valence-electron chi connectivity index (χ3n) is 2.80. The molecule has 3 heteroatoms. The van der Waals surface area contributed by atoms with Crippen molar-refractivity contribution in [3.8, 4) is 0 Å². The largest absolute Gasteiger partial charge is 0.481 e. The predicted octanol–water partition coefficient (Wildman–Crippen LogP) is 1.41. The summed E-state index contributed by atoms with van der Waals surface area (Å²) in [4.78, 5) is 10.7. The summed E-state index contributed by atoms with van der Waals surface area (Å²) >= 11 is 0. The molecule has 1 fully saturated rings. The molecule has 0 aromatic heterocycles. The highest BCUT2D eigenvalue weighted by Gasteiger charge is 2.47. The van der Waals surface area contributed by atoms with Gasteiger partial charge in [-0.05, 0) is 17.9 Å². The Morgan fingerprint density at radius 3 is 2.57 bits per heavy atom. The number of nitrogens with two attached hydrogens (primary N) is 1. The van der Waals surface area contributed by atoms with Gasteiger partial charge in [0.15, 0.2) is 0 Å². The van der Waals surface area contributed by atoms with Gasteiger partial charge in [0.2, 0.25) is 0 Å². The first-order valence-corrected chi connectivity index (χ1v) is 4.73. The molecule has 3 nitrogen and oxygen atoms in total. The normalized spacial score (nSPS) is 26.9. The van der Waals surface area contributed by atoms with E-state index in [1.54, 1.807) is 0 Å². The maximum Gasteiger partial charge on any atom is 0.306 e. The second-order valence-electron chi connectivity index (χ2n) is 3.78. The Morgan fingerprint density at radius 2 is 2.07 bits per heavy atom. The molecule has 0 amide bonds. The Kier molecular flexibility index (Phi) is 2.25. The Bertz CT molecular complexity index is 336. The molecular formula is C11H13NO2. The minimum absolute atomic E-state index is 0.120. The van der Waals surface area contributed by atoms with Gasteiger partial charge >= 0.3 is 5.97 Å². The Balaban J connectivity index is 2.05. The first-order valence-electron chi connectivity index (χ1n) is 4.73. The van der Waals surface area contributed by atoms with Crippen LogP contribution in [0.4, 0.5) is 0 Å². The van der Waals surface area contributed by atoms with Gasteiger partial charge < -0.3 is 10.8 Å². The van der Waals surface area contributed by atoms with E-state index in [4.69, 9.17) is 10.8 Å². The van der Waals surface area contributed by atoms with E-state index in [1.807, 2.05) is 30.3 Å². The number of hydrogen-bond acceptors (Lipinski definition) is 2. The summed E-state index contributed by atoms with van der Waals surface area (Å²) in [5, 5.41) is 8.76. The van der Waals surface area contributed by atoms with Gasteiger partial charge in [0.25, 0.3) is 0 Å². The summed E-state index contributed by atoms with van der Waals surface area (Å²) in [5.41, 5.74) is 6.99. The van der Waals surface area contributed by atoms with Crippen molar-refractivity contribution in [1.82, 2.24) is 0 Å². The fraction of sp³-hybridized carbons (Fsp3) is 0.364. The average Bonchev–Trinajstić information content (AvgIpc) is 2.97.